The van der Waals surface area contributed by atoms with Crippen molar-refractivity contribution in [3.63, 3.8) is 0 Å². The summed E-state index contributed by atoms with van der Waals surface area (Å²) >= 11 is 1.49. The van der Waals surface area contributed by atoms with Gasteiger partial charge in [-0.3, -0.25) is 24.6 Å². The molecule has 1 aromatic rings. The van der Waals surface area contributed by atoms with E-state index < -0.39 is 5.97 Å². The van der Waals surface area contributed by atoms with E-state index in [1.54, 1.807) is 12.3 Å². The number of hydrogen-bond donors (Lipinski definition) is 2. The fourth-order valence-corrected chi connectivity index (χ4v) is 2.11. The third kappa shape index (κ3) is 3.33. The van der Waals surface area contributed by atoms with Gasteiger partial charge in [-0.15, -0.1) is 0 Å². The predicted molar refractivity (Wildman–Crippen MR) is 66.7 cm³/mol. The number of thioether (sulfide) groups is 1. The Morgan fingerprint density at radius 1 is 1.56 bits per heavy atom. The molecule has 18 heavy (non-hydrogen) atoms. The lowest BCUT2D eigenvalue weighted by atomic mass is 10.4. The van der Waals surface area contributed by atoms with Crippen LogP contribution in [0.5, 0.6) is 0 Å². The molecule has 1 aliphatic rings. The van der Waals surface area contributed by atoms with E-state index in [1.807, 2.05) is 0 Å². The molecule has 96 valence electrons. The van der Waals surface area contributed by atoms with Gasteiger partial charge in [0.05, 0.1) is 19.5 Å². The number of aliphatic carboxylic acids is 1. The van der Waals surface area contributed by atoms with Crippen LogP contribution in [-0.2, 0) is 11.3 Å². The molecule has 0 bridgehead atoms. The summed E-state index contributed by atoms with van der Waals surface area (Å²) in [6.07, 6.45) is 1.56. The topological polar surface area (TPSA) is 96.6 Å². The van der Waals surface area contributed by atoms with Gasteiger partial charge in [-0.2, -0.15) is 5.10 Å². The van der Waals surface area contributed by atoms with Gasteiger partial charge in [0.2, 0.25) is 0 Å². The maximum Gasteiger partial charge on any atom is 0.305 e. The minimum absolute atomic E-state index is 0.0225. The van der Waals surface area contributed by atoms with E-state index in [-0.39, 0.29) is 24.6 Å². The van der Waals surface area contributed by atoms with Gasteiger partial charge in [0.15, 0.2) is 10.9 Å². The summed E-state index contributed by atoms with van der Waals surface area (Å²) in [6.45, 7) is 0.964. The van der Waals surface area contributed by atoms with Gasteiger partial charge in [0.1, 0.15) is 0 Å². The van der Waals surface area contributed by atoms with Crippen LogP contribution in [0.15, 0.2) is 17.3 Å². The number of carbonyl (C=O) groups is 2. The summed E-state index contributed by atoms with van der Waals surface area (Å²) in [5, 5.41) is 15.8. The smallest absolute Gasteiger partial charge is 0.305 e. The lowest BCUT2D eigenvalue weighted by molar-refractivity contribution is -0.137. The number of aryl methyl sites for hydroxylation is 1. The molecule has 0 unspecified atom stereocenters. The number of amides is 1. The highest BCUT2D eigenvalue weighted by Gasteiger charge is 2.14. The lowest BCUT2D eigenvalue weighted by Crippen LogP contribution is -2.27. The molecule has 0 aromatic carbocycles. The van der Waals surface area contributed by atoms with Gasteiger partial charge in [-0.1, -0.05) is 11.8 Å². The van der Waals surface area contributed by atoms with Crippen LogP contribution >= 0.6 is 11.8 Å². The summed E-state index contributed by atoms with van der Waals surface area (Å²) < 4.78 is 1.44. The maximum atomic E-state index is 11.8. The lowest BCUT2D eigenvalue weighted by Gasteiger charge is -2.01. The Morgan fingerprint density at radius 2 is 2.39 bits per heavy atom. The van der Waals surface area contributed by atoms with E-state index in [0.29, 0.717) is 11.7 Å². The number of carbonyl (C=O) groups excluding carboxylic acids is 1. The highest BCUT2D eigenvalue weighted by molar-refractivity contribution is 8.14. The Balaban J connectivity index is 1.92. The third-order valence-corrected chi connectivity index (χ3v) is 3.13. The molecule has 1 aromatic heterocycles. The molecule has 1 aliphatic heterocycles. The number of aliphatic imine (C=N–C) groups is 1. The zero-order valence-electron chi connectivity index (χ0n) is 9.50. The molecule has 0 spiro atoms. The zero-order chi connectivity index (χ0) is 13.0. The molecule has 7 nitrogen and oxygen atoms in total. The number of carboxylic acids is 1. The average molecular weight is 268 g/mol. The van der Waals surface area contributed by atoms with Crippen molar-refractivity contribution in [3.8, 4) is 0 Å². The molecular formula is C10H12N4O3S. The molecule has 0 radical (unpaired) electrons. The minimum Gasteiger partial charge on any atom is -0.481 e. The second kappa shape index (κ2) is 5.67. The van der Waals surface area contributed by atoms with E-state index in [9.17, 15) is 9.59 Å². The fourth-order valence-electron chi connectivity index (χ4n) is 1.39. The summed E-state index contributed by atoms with van der Waals surface area (Å²) in [7, 11) is 0. The molecule has 0 atom stereocenters. The Bertz CT molecular complexity index is 497. The first-order valence-electron chi connectivity index (χ1n) is 5.39. The number of aromatic nitrogens is 2. The molecule has 0 saturated heterocycles. The number of hydrogen-bond acceptors (Lipinski definition) is 5. The number of nitrogens with zero attached hydrogens (tertiary/aromatic N) is 3. The molecular weight excluding hydrogens is 256 g/mol. The molecule has 2 N–H and O–H groups in total. The first-order valence-corrected chi connectivity index (χ1v) is 6.37. The van der Waals surface area contributed by atoms with Crippen LogP contribution in [0, 0.1) is 0 Å². The Morgan fingerprint density at radius 3 is 3.06 bits per heavy atom. The Hall–Kier alpha value is -1.83. The Labute approximate surface area is 107 Å². The fraction of sp³-hybridized carbons (Fsp3) is 0.400. The van der Waals surface area contributed by atoms with Gasteiger partial charge >= 0.3 is 5.97 Å². The van der Waals surface area contributed by atoms with Gasteiger partial charge in [0, 0.05) is 11.9 Å². The van der Waals surface area contributed by atoms with Crippen molar-refractivity contribution in [2.75, 3.05) is 12.3 Å². The largest absolute Gasteiger partial charge is 0.481 e. The first-order chi connectivity index (χ1) is 8.65. The zero-order valence-corrected chi connectivity index (χ0v) is 10.3. The number of rotatable bonds is 4. The van der Waals surface area contributed by atoms with E-state index >= 15 is 0 Å². The summed E-state index contributed by atoms with van der Waals surface area (Å²) in [5.41, 5.74) is 0.260. The second-order valence-corrected chi connectivity index (χ2v) is 4.68. The maximum absolute atomic E-state index is 11.8. The van der Waals surface area contributed by atoms with Gasteiger partial charge in [-0.25, -0.2) is 0 Å². The van der Waals surface area contributed by atoms with Crippen molar-refractivity contribution in [2.45, 2.75) is 13.0 Å². The number of amidine groups is 1. The highest BCUT2D eigenvalue weighted by atomic mass is 32.2. The van der Waals surface area contributed by atoms with E-state index in [1.165, 1.54) is 16.4 Å². The molecule has 0 saturated carbocycles. The van der Waals surface area contributed by atoms with Crippen LogP contribution in [-0.4, -0.2) is 44.2 Å². The van der Waals surface area contributed by atoms with Crippen LogP contribution in [0.4, 0.5) is 0 Å². The molecule has 0 aliphatic carbocycles. The van der Waals surface area contributed by atoms with Crippen LogP contribution in [0.3, 0.4) is 0 Å². The monoisotopic (exact) mass is 268 g/mol. The van der Waals surface area contributed by atoms with Crippen LogP contribution in [0.1, 0.15) is 16.9 Å². The molecule has 8 heteroatoms. The van der Waals surface area contributed by atoms with Crippen LogP contribution in [0.2, 0.25) is 0 Å². The first kappa shape index (κ1) is 12.6. The standard InChI is InChI=1S/C10H12N4O3S/c15-8(16)2-5-14-4-1-7(13-14)9(17)12-10-11-3-6-18-10/h1,4H,2-3,5-6H2,(H,15,16)(H,11,12,17). The SMILES string of the molecule is O=C(O)CCn1ccc(C(=O)NC2=NCCS2)n1. The third-order valence-electron chi connectivity index (χ3n) is 2.23. The van der Waals surface area contributed by atoms with Crippen LogP contribution in [0.25, 0.3) is 0 Å². The van der Waals surface area contributed by atoms with E-state index in [4.69, 9.17) is 5.11 Å². The predicted octanol–water partition coefficient (Wildman–Crippen LogP) is 0.190. The van der Waals surface area contributed by atoms with Crippen LogP contribution < -0.4 is 5.32 Å². The van der Waals surface area contributed by atoms with E-state index in [0.717, 1.165) is 5.75 Å². The molecule has 0 fully saturated rings. The van der Waals surface area contributed by atoms with E-state index in [2.05, 4.69) is 15.4 Å². The average Bonchev–Trinajstić information content (AvgIpc) is 2.96. The van der Waals surface area contributed by atoms with Crippen molar-refractivity contribution in [3.05, 3.63) is 18.0 Å². The second-order valence-electron chi connectivity index (χ2n) is 3.60. The summed E-state index contributed by atoms with van der Waals surface area (Å²) in [6, 6.07) is 1.55. The Kier molecular flexibility index (Phi) is 3.98. The minimum atomic E-state index is -0.895. The van der Waals surface area contributed by atoms with Gasteiger partial charge in [0.25, 0.3) is 5.91 Å². The quantitative estimate of drug-likeness (QED) is 0.812. The highest BCUT2D eigenvalue weighted by Crippen LogP contribution is 2.09. The number of nitrogens with one attached hydrogen (secondary N) is 1. The van der Waals surface area contributed by atoms with Crippen molar-refractivity contribution in [2.24, 2.45) is 4.99 Å². The molecule has 2 heterocycles. The summed E-state index contributed by atoms with van der Waals surface area (Å²) in [4.78, 5) is 26.3. The van der Waals surface area contributed by atoms with Gasteiger partial charge in [-0.05, 0) is 6.07 Å². The summed E-state index contributed by atoms with van der Waals surface area (Å²) in [5.74, 6) is -0.340. The van der Waals surface area contributed by atoms with Crippen molar-refractivity contribution in [1.29, 1.82) is 0 Å². The molecule has 1 amide bonds. The van der Waals surface area contributed by atoms with Crippen molar-refractivity contribution in [1.82, 2.24) is 15.1 Å². The van der Waals surface area contributed by atoms with Gasteiger partial charge < -0.3 is 5.11 Å². The normalized spacial score (nSPS) is 14.3. The van der Waals surface area contributed by atoms with Crippen molar-refractivity contribution < 1.29 is 14.7 Å². The van der Waals surface area contributed by atoms with Crippen molar-refractivity contribution >= 4 is 28.8 Å². The molecule has 2 rings (SSSR count). The number of carboxylic acid groups (broad SMARTS) is 1.